The lowest BCUT2D eigenvalue weighted by Crippen LogP contribution is -2.51. The summed E-state index contributed by atoms with van der Waals surface area (Å²) in [5.41, 5.74) is -1.49. The quantitative estimate of drug-likeness (QED) is 0.563. The average Bonchev–Trinajstić information content (AvgIpc) is 3.63. The summed E-state index contributed by atoms with van der Waals surface area (Å²) in [6.45, 7) is 0.0645. The summed E-state index contributed by atoms with van der Waals surface area (Å²) in [5.74, 6) is -1.19. The molecule has 1 heterocycles. The number of hydrogen-bond acceptors (Lipinski definition) is 6. The van der Waals surface area contributed by atoms with Crippen molar-refractivity contribution in [2.45, 2.75) is 56.8 Å². The highest BCUT2D eigenvalue weighted by Gasteiger charge is 2.51. The standard InChI is InChI=1S/C25H26F3N3O5/c1-35-18-7-8-21(20(12-18)25(26,27)28)36-19-6-5-16(29-14-19)13-30-23(34)24(9-10-24)31-22(33)15-3-2-4-17(32)11-15/h5-8,12,14-15H,2-4,9-11,13H2,1H3,(H,30,34)(H,31,33). The van der Waals surface area contributed by atoms with Crippen molar-refractivity contribution in [1.29, 1.82) is 0 Å². The van der Waals surface area contributed by atoms with Gasteiger partial charge in [-0.25, -0.2) is 0 Å². The maximum atomic E-state index is 13.4. The van der Waals surface area contributed by atoms with Crippen LogP contribution in [0.25, 0.3) is 0 Å². The Morgan fingerprint density at radius 3 is 2.53 bits per heavy atom. The molecule has 0 spiro atoms. The number of hydrogen-bond donors (Lipinski definition) is 2. The number of methoxy groups -OCH3 is 1. The molecule has 8 nitrogen and oxygen atoms in total. The molecule has 1 aromatic heterocycles. The zero-order chi connectivity index (χ0) is 25.9. The Bertz CT molecular complexity index is 1150. The van der Waals surface area contributed by atoms with E-state index in [0.717, 1.165) is 6.07 Å². The van der Waals surface area contributed by atoms with Crippen LogP contribution in [0.3, 0.4) is 0 Å². The zero-order valence-electron chi connectivity index (χ0n) is 19.6. The minimum Gasteiger partial charge on any atom is -0.497 e. The number of carbonyl (C=O) groups is 3. The molecule has 2 N–H and O–H groups in total. The maximum Gasteiger partial charge on any atom is 0.420 e. The van der Waals surface area contributed by atoms with Gasteiger partial charge < -0.3 is 20.1 Å². The Hall–Kier alpha value is -3.63. The Balaban J connectivity index is 1.33. The third-order valence-corrected chi connectivity index (χ3v) is 6.35. The molecule has 2 aliphatic rings. The molecule has 2 fully saturated rings. The molecule has 2 aliphatic carbocycles. The van der Waals surface area contributed by atoms with Gasteiger partial charge in [-0.05, 0) is 56.0 Å². The molecule has 1 unspecified atom stereocenters. The number of ketones is 1. The van der Waals surface area contributed by atoms with Gasteiger partial charge in [0.15, 0.2) is 0 Å². The van der Waals surface area contributed by atoms with Crippen LogP contribution in [0, 0.1) is 5.92 Å². The van der Waals surface area contributed by atoms with Crippen molar-refractivity contribution in [2.24, 2.45) is 5.92 Å². The second-order valence-corrected chi connectivity index (χ2v) is 9.03. The fraction of sp³-hybridized carbons (Fsp3) is 0.440. The first kappa shape index (κ1) is 25.5. The fourth-order valence-corrected chi connectivity index (χ4v) is 4.11. The lowest BCUT2D eigenvalue weighted by atomic mass is 9.87. The minimum atomic E-state index is -4.64. The number of benzene rings is 1. The summed E-state index contributed by atoms with van der Waals surface area (Å²) in [5, 5.41) is 5.55. The van der Waals surface area contributed by atoms with Gasteiger partial charge in [0.25, 0.3) is 0 Å². The van der Waals surface area contributed by atoms with Crippen LogP contribution in [0.2, 0.25) is 0 Å². The predicted octanol–water partition coefficient (Wildman–Crippen LogP) is 3.93. The van der Waals surface area contributed by atoms with Crippen molar-refractivity contribution in [3.05, 3.63) is 47.8 Å². The molecule has 4 rings (SSSR count). The first-order valence-electron chi connectivity index (χ1n) is 11.6. The molecule has 0 saturated heterocycles. The van der Waals surface area contributed by atoms with Crippen molar-refractivity contribution in [3.8, 4) is 17.2 Å². The van der Waals surface area contributed by atoms with E-state index in [0.29, 0.717) is 37.8 Å². The van der Waals surface area contributed by atoms with Crippen LogP contribution < -0.4 is 20.1 Å². The van der Waals surface area contributed by atoms with E-state index in [1.807, 2.05) is 0 Å². The second-order valence-electron chi connectivity index (χ2n) is 9.03. The molecular formula is C25H26F3N3O5. The molecular weight excluding hydrogens is 479 g/mol. The van der Waals surface area contributed by atoms with Crippen LogP contribution in [0.4, 0.5) is 13.2 Å². The molecule has 11 heteroatoms. The number of aromatic nitrogens is 1. The number of ether oxygens (including phenoxy) is 2. The zero-order valence-corrected chi connectivity index (χ0v) is 19.6. The molecule has 0 aliphatic heterocycles. The Morgan fingerprint density at radius 1 is 1.17 bits per heavy atom. The Kier molecular flexibility index (Phi) is 7.18. The summed E-state index contributed by atoms with van der Waals surface area (Å²) in [6.07, 6.45) is -0.336. The summed E-state index contributed by atoms with van der Waals surface area (Å²) in [7, 11) is 1.27. The van der Waals surface area contributed by atoms with Crippen molar-refractivity contribution < 1.29 is 37.0 Å². The minimum absolute atomic E-state index is 0.0516. The molecule has 1 aromatic carbocycles. The summed E-state index contributed by atoms with van der Waals surface area (Å²) in [6, 6.07) is 6.36. The monoisotopic (exact) mass is 505 g/mol. The van der Waals surface area contributed by atoms with E-state index in [9.17, 15) is 27.6 Å². The number of nitrogens with one attached hydrogen (secondary N) is 2. The van der Waals surface area contributed by atoms with Crippen molar-refractivity contribution in [1.82, 2.24) is 15.6 Å². The molecule has 2 saturated carbocycles. The number of carbonyl (C=O) groups excluding carboxylic acids is 3. The molecule has 0 radical (unpaired) electrons. The van der Waals surface area contributed by atoms with Crippen LogP contribution in [-0.4, -0.2) is 35.2 Å². The molecule has 36 heavy (non-hydrogen) atoms. The molecule has 1 atom stereocenters. The van der Waals surface area contributed by atoms with E-state index in [-0.39, 0.29) is 42.1 Å². The fourth-order valence-electron chi connectivity index (χ4n) is 4.11. The smallest absolute Gasteiger partial charge is 0.420 e. The van der Waals surface area contributed by atoms with Gasteiger partial charge in [-0.2, -0.15) is 13.2 Å². The van der Waals surface area contributed by atoms with Crippen LogP contribution in [-0.2, 0) is 27.1 Å². The first-order valence-corrected chi connectivity index (χ1v) is 11.6. The SMILES string of the molecule is COc1ccc(Oc2ccc(CNC(=O)C3(NC(=O)C4CCCC(=O)C4)CC3)nc2)c(C(F)(F)F)c1. The number of nitrogens with zero attached hydrogens (tertiary/aromatic N) is 1. The van der Waals surface area contributed by atoms with E-state index < -0.39 is 28.9 Å². The average molecular weight is 505 g/mol. The van der Waals surface area contributed by atoms with Crippen LogP contribution in [0.1, 0.15) is 49.8 Å². The molecule has 2 aromatic rings. The van der Waals surface area contributed by atoms with Crippen molar-refractivity contribution in [2.75, 3.05) is 7.11 Å². The van der Waals surface area contributed by atoms with Crippen LogP contribution in [0.5, 0.6) is 17.2 Å². The number of pyridine rings is 1. The Morgan fingerprint density at radius 2 is 1.92 bits per heavy atom. The van der Waals surface area contributed by atoms with Crippen LogP contribution in [0.15, 0.2) is 36.5 Å². The van der Waals surface area contributed by atoms with Gasteiger partial charge in [-0.1, -0.05) is 0 Å². The number of halogens is 3. The topological polar surface area (TPSA) is 107 Å². The molecule has 192 valence electrons. The lowest BCUT2D eigenvalue weighted by Gasteiger charge is -2.24. The summed E-state index contributed by atoms with van der Waals surface area (Å²) < 4.78 is 50.4. The van der Waals surface area contributed by atoms with Gasteiger partial charge >= 0.3 is 6.18 Å². The van der Waals surface area contributed by atoms with Crippen molar-refractivity contribution >= 4 is 17.6 Å². The largest absolute Gasteiger partial charge is 0.497 e. The summed E-state index contributed by atoms with van der Waals surface area (Å²) >= 11 is 0. The van der Waals surface area contributed by atoms with E-state index in [4.69, 9.17) is 9.47 Å². The van der Waals surface area contributed by atoms with Gasteiger partial charge in [0.1, 0.15) is 34.1 Å². The number of amides is 2. The van der Waals surface area contributed by atoms with Crippen molar-refractivity contribution in [3.63, 3.8) is 0 Å². The second kappa shape index (κ2) is 10.2. The lowest BCUT2D eigenvalue weighted by molar-refractivity contribution is -0.138. The third-order valence-electron chi connectivity index (χ3n) is 6.35. The maximum absolute atomic E-state index is 13.4. The van der Waals surface area contributed by atoms with E-state index >= 15 is 0 Å². The van der Waals surface area contributed by atoms with Gasteiger partial charge in [-0.15, -0.1) is 0 Å². The van der Waals surface area contributed by atoms with Gasteiger partial charge in [0, 0.05) is 18.8 Å². The van der Waals surface area contributed by atoms with Gasteiger partial charge in [0.2, 0.25) is 11.8 Å². The number of rotatable bonds is 8. The highest BCUT2D eigenvalue weighted by Crippen LogP contribution is 2.40. The van der Waals surface area contributed by atoms with Gasteiger partial charge in [0.05, 0.1) is 25.5 Å². The number of Topliss-reactive ketones (excluding diaryl/α,β-unsaturated/α-hetero) is 1. The Labute approximate surface area is 205 Å². The highest BCUT2D eigenvalue weighted by molar-refractivity contribution is 5.96. The van der Waals surface area contributed by atoms with E-state index in [2.05, 4.69) is 15.6 Å². The number of alkyl halides is 3. The summed E-state index contributed by atoms with van der Waals surface area (Å²) in [4.78, 5) is 41.0. The first-order chi connectivity index (χ1) is 17.1. The van der Waals surface area contributed by atoms with E-state index in [1.54, 1.807) is 0 Å². The van der Waals surface area contributed by atoms with Gasteiger partial charge in [-0.3, -0.25) is 19.4 Å². The van der Waals surface area contributed by atoms with Crippen LogP contribution >= 0.6 is 0 Å². The molecule has 2 amide bonds. The third kappa shape index (κ3) is 5.95. The predicted molar refractivity (Wildman–Crippen MR) is 121 cm³/mol. The highest BCUT2D eigenvalue weighted by atomic mass is 19.4. The normalized spacial score (nSPS) is 18.8. The van der Waals surface area contributed by atoms with E-state index in [1.165, 1.54) is 37.6 Å². The molecule has 0 bridgehead atoms.